The molecular weight excluding hydrogens is 188 g/mol. The summed E-state index contributed by atoms with van der Waals surface area (Å²) in [5.41, 5.74) is 8.12. The van der Waals surface area contributed by atoms with E-state index >= 15 is 0 Å². The Morgan fingerprint density at radius 2 is 2.07 bits per heavy atom. The van der Waals surface area contributed by atoms with Gasteiger partial charge in [-0.15, -0.1) is 0 Å². The number of hydrogen-bond donors (Lipinski definition) is 1. The monoisotopic (exact) mass is 202 g/mol. The van der Waals surface area contributed by atoms with Crippen molar-refractivity contribution in [2.75, 3.05) is 6.54 Å². The van der Waals surface area contributed by atoms with Crippen LogP contribution in [0.15, 0.2) is 24.3 Å². The Labute approximate surface area is 88.9 Å². The number of carbonyl (C=O) groups is 1. The van der Waals surface area contributed by atoms with Gasteiger partial charge in [0.2, 0.25) is 0 Å². The van der Waals surface area contributed by atoms with E-state index in [9.17, 15) is 4.79 Å². The number of benzene rings is 1. The van der Waals surface area contributed by atoms with Crippen molar-refractivity contribution < 1.29 is 4.79 Å². The summed E-state index contributed by atoms with van der Waals surface area (Å²) in [4.78, 5) is 13.1. The molecule has 2 N–H and O–H groups in total. The fourth-order valence-corrected chi connectivity index (χ4v) is 2.99. The summed E-state index contributed by atoms with van der Waals surface area (Å²) in [5, 5.41) is 0. The van der Waals surface area contributed by atoms with E-state index in [1.54, 1.807) is 0 Å². The van der Waals surface area contributed by atoms with Crippen LogP contribution in [0.4, 0.5) is 4.79 Å². The molecule has 3 nitrogen and oxygen atoms in total. The molecule has 1 aromatic carbocycles. The molecule has 0 aromatic heterocycles. The summed E-state index contributed by atoms with van der Waals surface area (Å²) in [6, 6.07) is 8.38. The van der Waals surface area contributed by atoms with Gasteiger partial charge in [0.25, 0.3) is 0 Å². The van der Waals surface area contributed by atoms with Crippen LogP contribution in [0.2, 0.25) is 0 Å². The minimum atomic E-state index is -0.282. The Balaban J connectivity index is 2.06. The first-order valence-corrected chi connectivity index (χ1v) is 5.42. The van der Waals surface area contributed by atoms with Crippen LogP contribution >= 0.6 is 0 Å². The average Bonchev–Trinajstić information content (AvgIpc) is 2.54. The molecule has 2 bridgehead atoms. The van der Waals surface area contributed by atoms with Crippen molar-refractivity contribution in [3.8, 4) is 0 Å². The molecule has 2 atom stereocenters. The number of nitrogens with two attached hydrogens (primary N) is 1. The molecule has 1 aliphatic carbocycles. The first-order valence-electron chi connectivity index (χ1n) is 5.42. The van der Waals surface area contributed by atoms with Gasteiger partial charge in [-0.25, -0.2) is 4.79 Å². The highest BCUT2D eigenvalue weighted by Gasteiger charge is 2.39. The molecule has 3 heteroatoms. The second-order valence-corrected chi connectivity index (χ2v) is 4.40. The van der Waals surface area contributed by atoms with Crippen molar-refractivity contribution in [1.82, 2.24) is 4.90 Å². The molecule has 2 unspecified atom stereocenters. The first kappa shape index (κ1) is 8.77. The summed E-state index contributed by atoms with van der Waals surface area (Å²) in [6.07, 6.45) is 2.11. The summed E-state index contributed by atoms with van der Waals surface area (Å²) < 4.78 is 0. The van der Waals surface area contributed by atoms with E-state index < -0.39 is 0 Å². The molecule has 1 aromatic rings. The average molecular weight is 202 g/mol. The number of rotatable bonds is 0. The maximum Gasteiger partial charge on any atom is 0.315 e. The van der Waals surface area contributed by atoms with E-state index in [-0.39, 0.29) is 12.1 Å². The van der Waals surface area contributed by atoms with Crippen LogP contribution < -0.4 is 5.73 Å². The third-order valence-electron chi connectivity index (χ3n) is 3.68. The maximum atomic E-state index is 11.3. The Morgan fingerprint density at radius 3 is 2.80 bits per heavy atom. The standard InChI is InChI=1S/C12H14N2O/c13-12(15)14-6-5-8-7-11(14)10-4-2-1-3-9(8)10/h1-4,8,11H,5-7H2,(H2,13,15). The zero-order valence-corrected chi connectivity index (χ0v) is 8.52. The zero-order chi connectivity index (χ0) is 10.4. The number of carbonyl (C=O) groups excluding carboxylic acids is 1. The molecule has 3 rings (SSSR count). The molecule has 0 spiro atoms. The fourth-order valence-electron chi connectivity index (χ4n) is 2.99. The van der Waals surface area contributed by atoms with Crippen molar-refractivity contribution in [3.05, 3.63) is 35.4 Å². The van der Waals surface area contributed by atoms with Crippen molar-refractivity contribution >= 4 is 6.03 Å². The van der Waals surface area contributed by atoms with Crippen molar-refractivity contribution in [2.45, 2.75) is 24.8 Å². The van der Waals surface area contributed by atoms with Gasteiger partial charge in [0.05, 0.1) is 6.04 Å². The number of primary amides is 1. The van der Waals surface area contributed by atoms with Gasteiger partial charge in [0.1, 0.15) is 0 Å². The minimum Gasteiger partial charge on any atom is -0.351 e. The van der Waals surface area contributed by atoms with Crippen molar-refractivity contribution in [2.24, 2.45) is 5.73 Å². The highest BCUT2D eigenvalue weighted by molar-refractivity contribution is 5.73. The van der Waals surface area contributed by atoms with Gasteiger partial charge in [-0.1, -0.05) is 24.3 Å². The van der Waals surface area contributed by atoms with Crippen LogP contribution in [0, 0.1) is 0 Å². The molecule has 15 heavy (non-hydrogen) atoms. The lowest BCUT2D eigenvalue weighted by atomic mass is 9.96. The molecule has 78 valence electrons. The quantitative estimate of drug-likeness (QED) is 0.687. The highest BCUT2D eigenvalue weighted by atomic mass is 16.2. The second kappa shape index (κ2) is 2.99. The largest absolute Gasteiger partial charge is 0.351 e. The van der Waals surface area contributed by atoms with E-state index in [1.807, 2.05) is 11.0 Å². The van der Waals surface area contributed by atoms with Crippen LogP contribution in [0.25, 0.3) is 0 Å². The molecular formula is C12H14N2O. The number of urea groups is 1. The minimum absolute atomic E-state index is 0.234. The molecule has 1 saturated heterocycles. The van der Waals surface area contributed by atoms with E-state index in [1.165, 1.54) is 11.1 Å². The highest BCUT2D eigenvalue weighted by Crippen LogP contribution is 2.48. The topological polar surface area (TPSA) is 46.3 Å². The number of amides is 2. The van der Waals surface area contributed by atoms with Crippen LogP contribution in [-0.2, 0) is 0 Å². The number of likely N-dealkylation sites (tertiary alicyclic amines) is 1. The van der Waals surface area contributed by atoms with E-state index in [2.05, 4.69) is 18.2 Å². The summed E-state index contributed by atoms with van der Waals surface area (Å²) >= 11 is 0. The van der Waals surface area contributed by atoms with Gasteiger partial charge in [-0.05, 0) is 29.9 Å². The van der Waals surface area contributed by atoms with Crippen molar-refractivity contribution in [1.29, 1.82) is 0 Å². The third kappa shape index (κ3) is 1.16. The zero-order valence-electron chi connectivity index (χ0n) is 8.52. The number of piperidine rings is 1. The van der Waals surface area contributed by atoms with Gasteiger partial charge in [0, 0.05) is 6.54 Å². The lowest BCUT2D eigenvalue weighted by Crippen LogP contribution is -2.40. The SMILES string of the molecule is NC(=O)N1CCC2CC1c1ccccc12. The van der Waals surface area contributed by atoms with E-state index in [4.69, 9.17) is 5.73 Å². The van der Waals surface area contributed by atoms with E-state index in [0.717, 1.165) is 19.4 Å². The predicted molar refractivity (Wildman–Crippen MR) is 57.4 cm³/mol. The molecule has 1 heterocycles. The lowest BCUT2D eigenvalue weighted by Gasteiger charge is -2.32. The third-order valence-corrected chi connectivity index (χ3v) is 3.68. The molecule has 2 aliphatic rings. The Morgan fingerprint density at radius 1 is 1.33 bits per heavy atom. The fraction of sp³-hybridized carbons (Fsp3) is 0.417. The number of hydrogen-bond acceptors (Lipinski definition) is 1. The van der Waals surface area contributed by atoms with Gasteiger partial charge >= 0.3 is 6.03 Å². The molecule has 1 aliphatic heterocycles. The van der Waals surface area contributed by atoms with Gasteiger partial charge in [0.15, 0.2) is 0 Å². The Kier molecular flexibility index (Phi) is 1.75. The lowest BCUT2D eigenvalue weighted by molar-refractivity contribution is 0.162. The van der Waals surface area contributed by atoms with Crippen LogP contribution in [0.3, 0.4) is 0 Å². The first-order chi connectivity index (χ1) is 7.27. The van der Waals surface area contributed by atoms with E-state index in [0.29, 0.717) is 5.92 Å². The number of fused-ring (bicyclic) bond motifs is 5. The predicted octanol–water partition coefficient (Wildman–Crippen LogP) is 2.00. The molecule has 0 radical (unpaired) electrons. The van der Waals surface area contributed by atoms with Crippen LogP contribution in [0.1, 0.15) is 35.9 Å². The maximum absolute atomic E-state index is 11.3. The van der Waals surface area contributed by atoms with Gasteiger partial charge < -0.3 is 10.6 Å². The molecule has 1 fully saturated rings. The second-order valence-electron chi connectivity index (χ2n) is 4.40. The molecule has 0 saturated carbocycles. The Hall–Kier alpha value is -1.51. The van der Waals surface area contributed by atoms with Crippen LogP contribution in [-0.4, -0.2) is 17.5 Å². The summed E-state index contributed by atoms with van der Waals surface area (Å²) in [6.45, 7) is 0.805. The van der Waals surface area contributed by atoms with Gasteiger partial charge in [-0.3, -0.25) is 0 Å². The number of nitrogens with zero attached hydrogens (tertiary/aromatic N) is 1. The summed E-state index contributed by atoms with van der Waals surface area (Å²) in [5.74, 6) is 0.641. The molecule has 2 amide bonds. The van der Waals surface area contributed by atoms with Crippen molar-refractivity contribution in [3.63, 3.8) is 0 Å². The Bertz CT molecular complexity index is 416. The normalized spacial score (nSPS) is 27.6. The smallest absolute Gasteiger partial charge is 0.315 e. The van der Waals surface area contributed by atoms with Gasteiger partial charge in [-0.2, -0.15) is 0 Å². The van der Waals surface area contributed by atoms with Crippen LogP contribution in [0.5, 0.6) is 0 Å². The summed E-state index contributed by atoms with van der Waals surface area (Å²) in [7, 11) is 0.